The van der Waals surface area contributed by atoms with Gasteiger partial charge in [-0.3, -0.25) is 14.9 Å². The summed E-state index contributed by atoms with van der Waals surface area (Å²) in [5.74, 6) is -0.404. The quantitative estimate of drug-likeness (QED) is 0.576. The molecule has 7 heteroatoms. The van der Waals surface area contributed by atoms with Gasteiger partial charge in [-0.25, -0.2) is 4.39 Å². The summed E-state index contributed by atoms with van der Waals surface area (Å²) in [6.07, 6.45) is 0. The van der Waals surface area contributed by atoms with Crippen LogP contribution in [0.2, 0.25) is 0 Å². The van der Waals surface area contributed by atoms with Gasteiger partial charge in [0.25, 0.3) is 11.6 Å². The maximum atomic E-state index is 13.2. The van der Waals surface area contributed by atoms with Crippen LogP contribution in [0.15, 0.2) is 36.4 Å². The van der Waals surface area contributed by atoms with Gasteiger partial charge in [-0.2, -0.15) is 0 Å². The zero-order valence-electron chi connectivity index (χ0n) is 16.0. The molecule has 0 saturated carbocycles. The molecule has 3 N–H and O–H groups in total. The van der Waals surface area contributed by atoms with Crippen LogP contribution in [0.3, 0.4) is 0 Å². The summed E-state index contributed by atoms with van der Waals surface area (Å²) in [6, 6.07) is 9.27. The van der Waals surface area contributed by atoms with E-state index in [2.05, 4.69) is 5.32 Å². The first-order chi connectivity index (χ1) is 12.7. The van der Waals surface area contributed by atoms with Gasteiger partial charge in [-0.05, 0) is 37.1 Å². The molecule has 0 spiro atoms. The highest BCUT2D eigenvalue weighted by Crippen LogP contribution is 2.30. The molecule has 2 aromatic carbocycles. The van der Waals surface area contributed by atoms with Crippen LogP contribution in [-0.4, -0.2) is 17.4 Å². The Morgan fingerprint density at radius 3 is 2.37 bits per heavy atom. The van der Waals surface area contributed by atoms with Crippen LogP contribution in [-0.2, 0) is 4.79 Å². The van der Waals surface area contributed by atoms with Gasteiger partial charge in [0.2, 0.25) is 0 Å². The molecule has 2 aromatic rings. The number of carbonyl (C=O) groups is 1. The monoisotopic (exact) mass is 374 g/mol. The van der Waals surface area contributed by atoms with E-state index in [9.17, 15) is 19.3 Å². The van der Waals surface area contributed by atoms with Crippen molar-refractivity contribution in [3.63, 3.8) is 0 Å². The fraction of sp³-hybridized carbons (Fsp3) is 0.350. The number of hydrogen-bond donors (Lipinski definition) is 2. The van der Waals surface area contributed by atoms with Gasteiger partial charge in [0.05, 0.1) is 4.92 Å². The predicted octanol–water partition coefficient (Wildman–Crippen LogP) is 3.25. The van der Waals surface area contributed by atoms with Crippen LogP contribution < -0.4 is 10.6 Å². The molecule has 2 rings (SSSR count). The lowest BCUT2D eigenvalue weighted by Crippen LogP contribution is -2.88. The van der Waals surface area contributed by atoms with Crippen molar-refractivity contribution in [2.75, 3.05) is 11.9 Å². The van der Waals surface area contributed by atoms with E-state index in [0.717, 1.165) is 11.1 Å². The van der Waals surface area contributed by atoms with Crippen molar-refractivity contribution in [1.29, 1.82) is 0 Å². The number of quaternary nitrogens is 1. The second kappa shape index (κ2) is 8.73. The summed E-state index contributed by atoms with van der Waals surface area (Å²) in [5, 5.41) is 15.8. The molecule has 0 aliphatic carbocycles. The smallest absolute Gasteiger partial charge is 0.293 e. The highest BCUT2D eigenvalue weighted by atomic mass is 19.1. The topological polar surface area (TPSA) is 88.9 Å². The minimum absolute atomic E-state index is 0.0232. The van der Waals surface area contributed by atoms with Gasteiger partial charge in [-0.15, -0.1) is 0 Å². The van der Waals surface area contributed by atoms with Gasteiger partial charge in [0, 0.05) is 17.5 Å². The Hall–Kier alpha value is -2.80. The van der Waals surface area contributed by atoms with E-state index in [0.29, 0.717) is 5.56 Å². The number of nitrogens with one attached hydrogen (secondary N) is 1. The molecule has 0 unspecified atom stereocenters. The standard InChI is InChI=1S/C20H24FN3O3/c1-12(2)19(15-6-8-16(21)9-7-15)22-11-18(25)23-20-14(4)13(3)5-10-17(20)24(26)27/h5-10,12,19,22H,11H2,1-4H3,(H,23,25)/p+1/t19-/m1/s1. The lowest BCUT2D eigenvalue weighted by Gasteiger charge is -2.19. The summed E-state index contributed by atoms with van der Waals surface area (Å²) >= 11 is 0. The number of hydrogen-bond acceptors (Lipinski definition) is 3. The number of nitro groups is 1. The highest BCUT2D eigenvalue weighted by Gasteiger charge is 2.23. The molecule has 0 radical (unpaired) electrons. The molecule has 0 aliphatic heterocycles. The Labute approximate surface area is 157 Å². The molecule has 0 bridgehead atoms. The molecule has 0 heterocycles. The van der Waals surface area contributed by atoms with E-state index in [-0.39, 0.29) is 41.6 Å². The molecule has 1 amide bonds. The van der Waals surface area contributed by atoms with E-state index in [1.165, 1.54) is 18.2 Å². The van der Waals surface area contributed by atoms with Crippen LogP contribution in [0.5, 0.6) is 0 Å². The predicted molar refractivity (Wildman–Crippen MR) is 102 cm³/mol. The highest BCUT2D eigenvalue weighted by molar-refractivity contribution is 5.94. The van der Waals surface area contributed by atoms with E-state index in [1.807, 2.05) is 26.1 Å². The molecular formula is C20H25FN3O3+. The van der Waals surface area contributed by atoms with Crippen molar-refractivity contribution < 1.29 is 19.4 Å². The third-order valence-corrected chi connectivity index (χ3v) is 4.71. The Morgan fingerprint density at radius 2 is 1.81 bits per heavy atom. The van der Waals surface area contributed by atoms with Crippen molar-refractivity contribution in [3.05, 3.63) is 69.0 Å². The van der Waals surface area contributed by atoms with Crippen LogP contribution in [0.1, 0.15) is 36.6 Å². The van der Waals surface area contributed by atoms with Crippen molar-refractivity contribution in [2.45, 2.75) is 33.7 Å². The van der Waals surface area contributed by atoms with E-state index in [1.54, 1.807) is 25.1 Å². The molecule has 0 saturated heterocycles. The molecule has 0 aliphatic rings. The first kappa shape index (κ1) is 20.5. The summed E-state index contributed by atoms with van der Waals surface area (Å²) in [6.45, 7) is 7.74. The second-order valence-electron chi connectivity index (χ2n) is 6.97. The summed E-state index contributed by atoms with van der Waals surface area (Å²) in [5.41, 5.74) is 2.59. The van der Waals surface area contributed by atoms with Crippen molar-refractivity contribution >= 4 is 17.3 Å². The number of halogens is 1. The fourth-order valence-corrected chi connectivity index (χ4v) is 3.01. The molecule has 0 aromatic heterocycles. The second-order valence-corrected chi connectivity index (χ2v) is 6.97. The Balaban J connectivity index is 2.12. The Kier molecular flexibility index (Phi) is 6.63. The normalized spacial score (nSPS) is 12.1. The number of rotatable bonds is 7. The average molecular weight is 374 g/mol. The van der Waals surface area contributed by atoms with Gasteiger partial charge >= 0.3 is 0 Å². The summed E-state index contributed by atoms with van der Waals surface area (Å²) in [4.78, 5) is 23.2. The van der Waals surface area contributed by atoms with E-state index in [4.69, 9.17) is 0 Å². The number of aryl methyl sites for hydroxylation is 1. The lowest BCUT2D eigenvalue weighted by atomic mass is 9.96. The number of carbonyl (C=O) groups excluding carboxylic acids is 1. The number of nitrogens with zero attached hydrogens (tertiary/aromatic N) is 1. The lowest BCUT2D eigenvalue weighted by molar-refractivity contribution is -0.692. The fourth-order valence-electron chi connectivity index (χ4n) is 3.01. The number of anilines is 1. The number of amides is 1. The van der Waals surface area contributed by atoms with Gasteiger partial charge < -0.3 is 10.6 Å². The molecule has 144 valence electrons. The first-order valence-electron chi connectivity index (χ1n) is 8.84. The SMILES string of the molecule is Cc1ccc([N+](=O)[O-])c(NC(=O)C[NH2+][C@@H](c2ccc(F)cc2)C(C)C)c1C. The molecule has 6 nitrogen and oxygen atoms in total. The van der Waals surface area contributed by atoms with Crippen molar-refractivity contribution in [3.8, 4) is 0 Å². The van der Waals surface area contributed by atoms with Crippen molar-refractivity contribution in [2.24, 2.45) is 5.92 Å². The van der Waals surface area contributed by atoms with Crippen LogP contribution >= 0.6 is 0 Å². The molecule has 1 atom stereocenters. The van der Waals surface area contributed by atoms with Gasteiger partial charge in [0.1, 0.15) is 17.5 Å². The number of nitro benzene ring substituents is 1. The summed E-state index contributed by atoms with van der Waals surface area (Å²) in [7, 11) is 0. The maximum Gasteiger partial charge on any atom is 0.293 e. The first-order valence-corrected chi connectivity index (χ1v) is 8.84. The third-order valence-electron chi connectivity index (χ3n) is 4.71. The van der Waals surface area contributed by atoms with Crippen LogP contribution in [0, 0.1) is 35.7 Å². The van der Waals surface area contributed by atoms with Gasteiger partial charge in [0.15, 0.2) is 6.54 Å². The summed E-state index contributed by atoms with van der Waals surface area (Å²) < 4.78 is 13.2. The minimum Gasteiger partial charge on any atom is -0.332 e. The molecular weight excluding hydrogens is 349 g/mol. The Bertz CT molecular complexity index is 835. The van der Waals surface area contributed by atoms with Gasteiger partial charge in [-0.1, -0.05) is 32.0 Å². The maximum absolute atomic E-state index is 13.2. The number of benzene rings is 2. The molecule has 27 heavy (non-hydrogen) atoms. The zero-order valence-corrected chi connectivity index (χ0v) is 16.0. The van der Waals surface area contributed by atoms with Crippen LogP contribution in [0.4, 0.5) is 15.8 Å². The third kappa shape index (κ3) is 5.10. The number of nitrogens with two attached hydrogens (primary N) is 1. The van der Waals surface area contributed by atoms with E-state index < -0.39 is 4.92 Å². The minimum atomic E-state index is -0.499. The van der Waals surface area contributed by atoms with Crippen molar-refractivity contribution in [1.82, 2.24) is 0 Å². The average Bonchev–Trinajstić information content (AvgIpc) is 2.60. The molecule has 0 fully saturated rings. The largest absolute Gasteiger partial charge is 0.332 e. The van der Waals surface area contributed by atoms with E-state index >= 15 is 0 Å². The zero-order chi connectivity index (χ0) is 20.1. The van der Waals surface area contributed by atoms with Crippen LogP contribution in [0.25, 0.3) is 0 Å². The Morgan fingerprint density at radius 1 is 1.19 bits per heavy atom.